The summed E-state index contributed by atoms with van der Waals surface area (Å²) in [5.41, 5.74) is 8.32. The fourth-order valence-corrected chi connectivity index (χ4v) is 4.16. The molecule has 0 radical (unpaired) electrons. The summed E-state index contributed by atoms with van der Waals surface area (Å²) in [6, 6.07) is 25.0. The Hall–Kier alpha value is -3.70. The van der Waals surface area contributed by atoms with E-state index < -0.39 is 0 Å². The van der Waals surface area contributed by atoms with Crippen molar-refractivity contribution in [3.05, 3.63) is 101 Å². The van der Waals surface area contributed by atoms with Gasteiger partial charge in [0.15, 0.2) is 0 Å². The molecule has 1 amide bonds. The molecule has 0 fully saturated rings. The summed E-state index contributed by atoms with van der Waals surface area (Å²) < 4.78 is 0. The lowest BCUT2D eigenvalue weighted by Crippen LogP contribution is -2.31. The monoisotopic (exact) mass is 422 g/mol. The second-order valence-corrected chi connectivity index (χ2v) is 8.12. The second kappa shape index (κ2) is 9.20. The number of H-pyrrole nitrogens is 1. The van der Waals surface area contributed by atoms with E-state index in [1.54, 1.807) is 0 Å². The van der Waals surface area contributed by atoms with E-state index in [-0.39, 0.29) is 5.91 Å². The van der Waals surface area contributed by atoms with E-state index in [1.807, 2.05) is 24.4 Å². The number of nitrogens with zero attached hydrogens (tertiary/aromatic N) is 1. The highest BCUT2D eigenvalue weighted by Crippen LogP contribution is 2.27. The van der Waals surface area contributed by atoms with Crippen LogP contribution < -0.4 is 10.6 Å². The Morgan fingerprint density at radius 3 is 2.66 bits per heavy atom. The summed E-state index contributed by atoms with van der Waals surface area (Å²) in [6.07, 6.45) is 3.68. The first-order chi connectivity index (χ1) is 15.8. The lowest BCUT2D eigenvalue weighted by molar-refractivity contribution is 0.0946. The van der Waals surface area contributed by atoms with Crippen molar-refractivity contribution in [3.8, 4) is 22.5 Å². The second-order valence-electron chi connectivity index (χ2n) is 8.12. The van der Waals surface area contributed by atoms with E-state index in [2.05, 4.69) is 75.2 Å². The zero-order chi connectivity index (χ0) is 21.8. The molecule has 4 aromatic rings. The number of rotatable bonds is 7. The minimum Gasteiger partial charge on any atom is -0.358 e. The first kappa shape index (κ1) is 20.2. The molecule has 3 N–H and O–H groups in total. The van der Waals surface area contributed by atoms with Gasteiger partial charge in [0.05, 0.1) is 11.3 Å². The molecule has 0 saturated heterocycles. The van der Waals surface area contributed by atoms with Gasteiger partial charge in [0.25, 0.3) is 5.91 Å². The van der Waals surface area contributed by atoms with Crippen molar-refractivity contribution in [1.82, 2.24) is 20.6 Å². The van der Waals surface area contributed by atoms with Crippen molar-refractivity contribution in [2.24, 2.45) is 0 Å². The standard InChI is InChI=1S/C27H26N4O/c32-27-23-17-26(31-24(23)11-14-30-27)22-10-13-29-25(16-22)21-8-4-7-20(15-21)18-28-12-9-19-5-2-1-3-6-19/h1-8,10,13,15-17,28,31H,9,11-12,14,18H2,(H,30,32). The molecular formula is C27H26N4O. The number of aromatic amines is 1. The van der Waals surface area contributed by atoms with Crippen molar-refractivity contribution in [3.63, 3.8) is 0 Å². The molecule has 1 aliphatic heterocycles. The SMILES string of the molecule is O=C1NCCc2[nH]c(-c3ccnc(-c4cccc(CNCCc5ccccc5)c4)c3)cc21. The highest BCUT2D eigenvalue weighted by atomic mass is 16.1. The number of fused-ring (bicyclic) bond motifs is 1. The predicted molar refractivity (Wildman–Crippen MR) is 127 cm³/mol. The maximum atomic E-state index is 12.1. The summed E-state index contributed by atoms with van der Waals surface area (Å²) in [5, 5.41) is 6.43. The van der Waals surface area contributed by atoms with E-state index in [4.69, 9.17) is 0 Å². The third-order valence-corrected chi connectivity index (χ3v) is 5.86. The van der Waals surface area contributed by atoms with E-state index in [0.717, 1.165) is 59.7 Å². The lowest BCUT2D eigenvalue weighted by atomic mass is 10.0. The molecule has 2 aromatic carbocycles. The average molecular weight is 423 g/mol. The molecule has 160 valence electrons. The van der Waals surface area contributed by atoms with Crippen LogP contribution in [0.4, 0.5) is 0 Å². The van der Waals surface area contributed by atoms with Crippen molar-refractivity contribution >= 4 is 5.91 Å². The number of amides is 1. The van der Waals surface area contributed by atoms with Gasteiger partial charge in [-0.2, -0.15) is 0 Å². The van der Waals surface area contributed by atoms with E-state index in [9.17, 15) is 4.79 Å². The van der Waals surface area contributed by atoms with Gasteiger partial charge < -0.3 is 15.6 Å². The Balaban J connectivity index is 1.29. The number of aromatic nitrogens is 2. The molecule has 3 heterocycles. The molecule has 5 nitrogen and oxygen atoms in total. The molecule has 0 atom stereocenters. The van der Waals surface area contributed by atoms with Crippen LogP contribution in [-0.2, 0) is 19.4 Å². The third kappa shape index (κ3) is 4.48. The van der Waals surface area contributed by atoms with Crippen LogP contribution >= 0.6 is 0 Å². The van der Waals surface area contributed by atoms with E-state index >= 15 is 0 Å². The van der Waals surface area contributed by atoms with Gasteiger partial charge in [0, 0.05) is 48.2 Å². The molecule has 0 saturated carbocycles. The predicted octanol–water partition coefficient (Wildman–Crippen LogP) is 4.36. The fourth-order valence-electron chi connectivity index (χ4n) is 4.16. The van der Waals surface area contributed by atoms with Crippen LogP contribution in [-0.4, -0.2) is 29.0 Å². The lowest BCUT2D eigenvalue weighted by Gasteiger charge is -2.11. The highest BCUT2D eigenvalue weighted by molar-refractivity contribution is 5.97. The number of carbonyl (C=O) groups is 1. The first-order valence-electron chi connectivity index (χ1n) is 11.1. The Kier molecular flexibility index (Phi) is 5.81. The molecule has 5 heteroatoms. The highest BCUT2D eigenvalue weighted by Gasteiger charge is 2.20. The topological polar surface area (TPSA) is 69.8 Å². The van der Waals surface area contributed by atoms with Gasteiger partial charge in [0.2, 0.25) is 0 Å². The van der Waals surface area contributed by atoms with Crippen LogP contribution in [0.1, 0.15) is 27.2 Å². The first-order valence-corrected chi connectivity index (χ1v) is 11.1. The zero-order valence-electron chi connectivity index (χ0n) is 17.9. The van der Waals surface area contributed by atoms with Gasteiger partial charge in [-0.15, -0.1) is 0 Å². The Labute approximate surface area is 187 Å². The maximum absolute atomic E-state index is 12.1. The number of hydrogen-bond acceptors (Lipinski definition) is 3. The quantitative estimate of drug-likeness (QED) is 0.388. The number of hydrogen-bond donors (Lipinski definition) is 3. The summed E-state index contributed by atoms with van der Waals surface area (Å²) in [4.78, 5) is 20.1. The van der Waals surface area contributed by atoms with Crippen molar-refractivity contribution in [1.29, 1.82) is 0 Å². The van der Waals surface area contributed by atoms with Crippen LogP contribution in [0.25, 0.3) is 22.5 Å². The molecule has 1 aliphatic rings. The van der Waals surface area contributed by atoms with Crippen LogP contribution in [0.2, 0.25) is 0 Å². The Bertz CT molecular complexity index is 1230. The number of pyridine rings is 1. The minimum absolute atomic E-state index is 0.00417. The summed E-state index contributed by atoms with van der Waals surface area (Å²) >= 11 is 0. The molecule has 0 unspecified atom stereocenters. The molecule has 32 heavy (non-hydrogen) atoms. The summed E-state index contributed by atoms with van der Waals surface area (Å²) in [6.45, 7) is 2.44. The Morgan fingerprint density at radius 2 is 1.78 bits per heavy atom. The average Bonchev–Trinajstić information content (AvgIpc) is 3.29. The van der Waals surface area contributed by atoms with Gasteiger partial charge in [-0.25, -0.2) is 0 Å². The molecule has 0 bridgehead atoms. The van der Waals surface area contributed by atoms with Crippen molar-refractivity contribution < 1.29 is 4.79 Å². The van der Waals surface area contributed by atoms with Crippen LogP contribution in [0.3, 0.4) is 0 Å². The van der Waals surface area contributed by atoms with E-state index in [0.29, 0.717) is 6.54 Å². The smallest absolute Gasteiger partial charge is 0.253 e. The third-order valence-electron chi connectivity index (χ3n) is 5.86. The van der Waals surface area contributed by atoms with Crippen LogP contribution in [0.15, 0.2) is 79.0 Å². The van der Waals surface area contributed by atoms with Crippen molar-refractivity contribution in [2.45, 2.75) is 19.4 Å². The number of benzene rings is 2. The van der Waals surface area contributed by atoms with Gasteiger partial charge in [-0.1, -0.05) is 48.5 Å². The van der Waals surface area contributed by atoms with Crippen LogP contribution in [0.5, 0.6) is 0 Å². The zero-order valence-corrected chi connectivity index (χ0v) is 17.9. The van der Waals surface area contributed by atoms with Gasteiger partial charge in [0.1, 0.15) is 0 Å². The summed E-state index contributed by atoms with van der Waals surface area (Å²) in [5.74, 6) is -0.00417. The van der Waals surface area contributed by atoms with Crippen molar-refractivity contribution in [2.75, 3.05) is 13.1 Å². The normalized spacial score (nSPS) is 12.9. The van der Waals surface area contributed by atoms with Gasteiger partial charge >= 0.3 is 0 Å². The van der Waals surface area contributed by atoms with Gasteiger partial charge in [-0.3, -0.25) is 9.78 Å². The maximum Gasteiger partial charge on any atom is 0.253 e. The van der Waals surface area contributed by atoms with Crippen LogP contribution in [0, 0.1) is 0 Å². The molecule has 5 rings (SSSR count). The molecule has 2 aromatic heterocycles. The largest absolute Gasteiger partial charge is 0.358 e. The molecule has 0 spiro atoms. The molecule has 0 aliphatic carbocycles. The minimum atomic E-state index is -0.00417. The van der Waals surface area contributed by atoms with Gasteiger partial charge in [-0.05, 0) is 48.4 Å². The summed E-state index contributed by atoms with van der Waals surface area (Å²) in [7, 11) is 0. The Morgan fingerprint density at radius 1 is 0.906 bits per heavy atom. The molecular weight excluding hydrogens is 396 g/mol. The van der Waals surface area contributed by atoms with E-state index in [1.165, 1.54) is 11.1 Å². The number of nitrogens with one attached hydrogen (secondary N) is 3. The number of carbonyl (C=O) groups excluding carboxylic acids is 1. The fraction of sp³-hybridized carbons (Fsp3) is 0.185.